The summed E-state index contributed by atoms with van der Waals surface area (Å²) in [5.74, 6) is -2.07. The number of phenols is 2. The average molecular weight is 1050 g/mol. The monoisotopic (exact) mass is 1040 g/mol. The first-order valence-electron chi connectivity index (χ1n) is 31.5. The third-order valence-corrected chi connectivity index (χ3v) is 16.3. The molecular weight excluding hydrogens is 925 g/mol. The molecule has 0 aromatic heterocycles. The van der Waals surface area contributed by atoms with Gasteiger partial charge in [-0.05, 0) is 80.7 Å². The number of carboxylic acid groups (broad SMARTS) is 1. The number of carbonyl (C=O) groups is 2. The minimum Gasteiger partial charge on any atom is -0.507 e. The molecule has 2 aromatic rings. The molecule has 0 radical (unpaired) electrons. The zero-order chi connectivity index (χ0) is 56.1. The van der Waals surface area contributed by atoms with Crippen LogP contribution < -0.4 is 0 Å². The normalized spacial score (nSPS) is 13.1. The van der Waals surface area contributed by atoms with E-state index in [2.05, 4.69) is 55.4 Å². The first-order valence-corrected chi connectivity index (χ1v) is 31.5. The molecule has 0 spiro atoms. The fraction of sp³-hybridized carbons (Fsp3) is 0.797. The molecule has 0 aliphatic heterocycles. The number of aliphatic carboxylic acids is 1. The standard InChI is InChI=1S/C69H120O6/c1-15-17-19-21-23-25-27-29-31-33-35-37-39-41-43-45-47-58(46-44-42-40-38-36-34-32-30-28-26-24-22-20-18-16-2)75-64(74)69(63(72)73,52-54-48-56(65(3,4)5)50-59(61(54)70)67(9,10)11)53-55-49-57(66(6,7)8)51-60(62(55)71)68(12,13)14/h48-51,58,70-71H,15-47,52-53H2,1-14H3,(H,72,73). The Kier molecular flexibility index (Phi) is 31.6. The molecule has 0 heterocycles. The third-order valence-electron chi connectivity index (χ3n) is 16.3. The van der Waals surface area contributed by atoms with Gasteiger partial charge in [0.05, 0.1) is 0 Å². The number of aromatic hydroxyl groups is 2. The van der Waals surface area contributed by atoms with Gasteiger partial charge in [-0.1, -0.05) is 307 Å². The van der Waals surface area contributed by atoms with Crippen LogP contribution in [0.2, 0.25) is 0 Å². The van der Waals surface area contributed by atoms with Crippen molar-refractivity contribution in [3.63, 3.8) is 0 Å². The number of ether oxygens (including phenoxy) is 1. The Bertz CT molecular complexity index is 1800. The third kappa shape index (κ3) is 26.0. The van der Waals surface area contributed by atoms with Crippen molar-refractivity contribution in [2.24, 2.45) is 5.41 Å². The van der Waals surface area contributed by atoms with Crippen molar-refractivity contribution >= 4 is 11.9 Å². The van der Waals surface area contributed by atoms with Crippen molar-refractivity contribution in [3.05, 3.63) is 57.6 Å². The molecule has 0 saturated heterocycles. The van der Waals surface area contributed by atoms with E-state index in [1.165, 1.54) is 161 Å². The van der Waals surface area contributed by atoms with Gasteiger partial charge < -0.3 is 20.1 Å². The van der Waals surface area contributed by atoms with Gasteiger partial charge in [-0.25, -0.2) is 0 Å². The molecule has 75 heavy (non-hydrogen) atoms. The Hall–Kier alpha value is -3.02. The number of benzene rings is 2. The highest BCUT2D eigenvalue weighted by atomic mass is 16.5. The maximum Gasteiger partial charge on any atom is 0.324 e. The van der Waals surface area contributed by atoms with Crippen molar-refractivity contribution < 1.29 is 29.6 Å². The van der Waals surface area contributed by atoms with Crippen molar-refractivity contribution in [2.45, 2.75) is 349 Å². The predicted octanol–water partition coefficient (Wildman–Crippen LogP) is 21.0. The quantitative estimate of drug-likeness (QED) is 0.0349. The van der Waals surface area contributed by atoms with Gasteiger partial charge in [0.15, 0.2) is 5.41 Å². The summed E-state index contributed by atoms with van der Waals surface area (Å²) in [5.41, 5.74) is 0.439. The predicted molar refractivity (Wildman–Crippen MR) is 322 cm³/mol. The molecule has 432 valence electrons. The molecule has 0 bridgehead atoms. The van der Waals surface area contributed by atoms with Crippen LogP contribution in [0.3, 0.4) is 0 Å². The van der Waals surface area contributed by atoms with Gasteiger partial charge >= 0.3 is 11.9 Å². The second kappa shape index (κ2) is 34.8. The molecule has 3 N–H and O–H groups in total. The van der Waals surface area contributed by atoms with Crippen LogP contribution >= 0.6 is 0 Å². The second-order valence-electron chi connectivity index (χ2n) is 27.7. The molecule has 2 rings (SSSR count). The summed E-state index contributed by atoms with van der Waals surface area (Å²) in [7, 11) is 0. The van der Waals surface area contributed by atoms with E-state index in [4.69, 9.17) is 4.74 Å². The second-order valence-corrected chi connectivity index (χ2v) is 27.7. The molecular formula is C69H120O6. The molecule has 1 atom stereocenters. The van der Waals surface area contributed by atoms with E-state index in [1.54, 1.807) is 0 Å². The van der Waals surface area contributed by atoms with Crippen molar-refractivity contribution in [1.29, 1.82) is 0 Å². The Morgan fingerprint density at radius 1 is 0.400 bits per heavy atom. The zero-order valence-electron chi connectivity index (χ0n) is 51.7. The summed E-state index contributed by atoms with van der Waals surface area (Å²) in [4.78, 5) is 29.8. The van der Waals surface area contributed by atoms with Crippen LogP contribution in [0.4, 0.5) is 0 Å². The van der Waals surface area contributed by atoms with Crippen LogP contribution in [0.25, 0.3) is 0 Å². The summed E-state index contributed by atoms with van der Waals surface area (Å²) in [5, 5.41) is 36.0. The lowest BCUT2D eigenvalue weighted by molar-refractivity contribution is -0.173. The molecule has 0 aliphatic carbocycles. The molecule has 0 aliphatic rings. The Balaban J connectivity index is 2.41. The lowest BCUT2D eigenvalue weighted by Crippen LogP contribution is -2.46. The number of hydrogen-bond acceptors (Lipinski definition) is 5. The van der Waals surface area contributed by atoms with Crippen LogP contribution in [-0.2, 0) is 48.8 Å². The molecule has 0 fully saturated rings. The average Bonchev–Trinajstić information content (AvgIpc) is 3.31. The van der Waals surface area contributed by atoms with Crippen molar-refractivity contribution in [3.8, 4) is 11.5 Å². The number of esters is 1. The van der Waals surface area contributed by atoms with E-state index in [-0.39, 0.29) is 35.2 Å². The minimum atomic E-state index is -2.14. The van der Waals surface area contributed by atoms with Crippen LogP contribution in [0.15, 0.2) is 24.3 Å². The first kappa shape index (κ1) is 68.1. The molecule has 0 amide bonds. The highest BCUT2D eigenvalue weighted by molar-refractivity contribution is 6.00. The fourth-order valence-electron chi connectivity index (χ4n) is 11.0. The number of unbranched alkanes of at least 4 members (excludes halogenated alkanes) is 29. The topological polar surface area (TPSA) is 104 Å². The largest absolute Gasteiger partial charge is 0.507 e. The van der Waals surface area contributed by atoms with Crippen LogP contribution in [0.1, 0.15) is 342 Å². The van der Waals surface area contributed by atoms with E-state index >= 15 is 4.79 Å². The van der Waals surface area contributed by atoms with Gasteiger partial charge in [0.1, 0.15) is 17.6 Å². The molecule has 2 aromatic carbocycles. The highest BCUT2D eigenvalue weighted by Crippen LogP contribution is 2.45. The maximum absolute atomic E-state index is 15.4. The minimum absolute atomic E-state index is 0.0134. The summed E-state index contributed by atoms with van der Waals surface area (Å²) < 4.78 is 6.65. The molecule has 0 saturated carbocycles. The SMILES string of the molecule is CCCCCCCCCCCCCCCCCCC(CCCCCCCCCCCCCCCCC)OC(=O)C(Cc1cc(C(C)(C)C)cc(C(C)(C)C)c1O)(Cc1cc(C(C)(C)C)cc(C(C)(C)C)c1O)C(=O)O. The molecule has 1 unspecified atom stereocenters. The lowest BCUT2D eigenvalue weighted by Gasteiger charge is -2.34. The van der Waals surface area contributed by atoms with Crippen molar-refractivity contribution in [2.75, 3.05) is 0 Å². The summed E-state index contributed by atoms with van der Waals surface area (Å²) in [6.45, 7) is 29.5. The van der Waals surface area contributed by atoms with Gasteiger partial charge in [0, 0.05) is 12.8 Å². The summed E-state index contributed by atoms with van der Waals surface area (Å²) in [6, 6.07) is 7.84. The van der Waals surface area contributed by atoms with E-state index in [9.17, 15) is 20.1 Å². The number of carboxylic acids is 1. The van der Waals surface area contributed by atoms with Crippen molar-refractivity contribution in [1.82, 2.24) is 0 Å². The number of phenolic OH excluding ortho intramolecular Hbond substituents is 2. The lowest BCUT2D eigenvalue weighted by atomic mass is 9.71. The van der Waals surface area contributed by atoms with Gasteiger partial charge in [0.2, 0.25) is 0 Å². The van der Waals surface area contributed by atoms with Gasteiger partial charge in [-0.3, -0.25) is 9.59 Å². The van der Waals surface area contributed by atoms with Crippen LogP contribution in [0, 0.1) is 5.41 Å². The Labute approximate surface area is 463 Å². The fourth-order valence-corrected chi connectivity index (χ4v) is 11.0. The molecule has 6 nitrogen and oxygen atoms in total. The first-order chi connectivity index (χ1) is 35.3. The van der Waals surface area contributed by atoms with Gasteiger partial charge in [0.25, 0.3) is 0 Å². The number of hydrogen-bond donors (Lipinski definition) is 3. The van der Waals surface area contributed by atoms with Gasteiger partial charge in [-0.2, -0.15) is 0 Å². The zero-order valence-corrected chi connectivity index (χ0v) is 51.7. The number of carbonyl (C=O) groups excluding carboxylic acids is 1. The van der Waals surface area contributed by atoms with E-state index in [0.717, 1.165) is 49.7 Å². The smallest absolute Gasteiger partial charge is 0.324 e. The molecule has 6 heteroatoms. The maximum atomic E-state index is 15.4. The Morgan fingerprint density at radius 2 is 0.653 bits per heavy atom. The number of rotatable bonds is 40. The summed E-state index contributed by atoms with van der Waals surface area (Å²) in [6.07, 6.45) is 40.1. The van der Waals surface area contributed by atoms with Crippen LogP contribution in [0.5, 0.6) is 11.5 Å². The van der Waals surface area contributed by atoms with E-state index in [0.29, 0.717) is 35.1 Å². The van der Waals surface area contributed by atoms with E-state index < -0.39 is 34.3 Å². The Morgan fingerprint density at radius 3 is 0.880 bits per heavy atom. The highest BCUT2D eigenvalue weighted by Gasteiger charge is 2.50. The van der Waals surface area contributed by atoms with Gasteiger partial charge in [-0.15, -0.1) is 0 Å². The summed E-state index contributed by atoms with van der Waals surface area (Å²) >= 11 is 0. The van der Waals surface area contributed by atoms with Crippen LogP contribution in [-0.4, -0.2) is 33.4 Å². The van der Waals surface area contributed by atoms with E-state index in [1.807, 2.05) is 65.8 Å².